The van der Waals surface area contributed by atoms with Gasteiger partial charge in [-0.1, -0.05) is 15.9 Å². The van der Waals surface area contributed by atoms with Gasteiger partial charge in [-0.15, -0.1) is 0 Å². The summed E-state index contributed by atoms with van der Waals surface area (Å²) < 4.78 is 6.66. The summed E-state index contributed by atoms with van der Waals surface area (Å²) in [5.74, 6) is 0.975. The molecule has 1 aromatic rings. The van der Waals surface area contributed by atoms with Crippen LogP contribution in [0, 0.1) is 6.92 Å². The first kappa shape index (κ1) is 9.96. The molecule has 1 atom stereocenters. The average molecular weight is 258 g/mol. The molecule has 0 amide bonds. The summed E-state index contributed by atoms with van der Waals surface area (Å²) in [6.45, 7) is 2.67. The molecule has 0 saturated carbocycles. The fourth-order valence-electron chi connectivity index (χ4n) is 1.71. The standard InChI is InChI=1S/C10H12BrNO2/c1-6-3-7(11)4-8-9(12-13-2)5-14-10(6)8/h3-4,9,12H,5H2,1-2H3. The van der Waals surface area contributed by atoms with E-state index < -0.39 is 0 Å². The third-order valence-corrected chi connectivity index (χ3v) is 2.76. The second kappa shape index (κ2) is 3.88. The third-order valence-electron chi connectivity index (χ3n) is 2.30. The highest BCUT2D eigenvalue weighted by Gasteiger charge is 2.25. The Bertz CT molecular complexity index is 354. The fourth-order valence-corrected chi connectivity index (χ4v) is 2.30. The van der Waals surface area contributed by atoms with Crippen LogP contribution in [-0.2, 0) is 4.84 Å². The van der Waals surface area contributed by atoms with Crippen molar-refractivity contribution in [3.05, 3.63) is 27.7 Å². The summed E-state index contributed by atoms with van der Waals surface area (Å²) in [7, 11) is 1.61. The molecule has 3 nitrogen and oxygen atoms in total. The van der Waals surface area contributed by atoms with Gasteiger partial charge in [0.2, 0.25) is 0 Å². The van der Waals surface area contributed by atoms with Gasteiger partial charge in [-0.05, 0) is 24.6 Å². The van der Waals surface area contributed by atoms with E-state index in [1.807, 2.05) is 13.0 Å². The molecule has 0 spiro atoms. The van der Waals surface area contributed by atoms with Crippen LogP contribution in [0.1, 0.15) is 17.2 Å². The van der Waals surface area contributed by atoms with Crippen LogP contribution in [0.25, 0.3) is 0 Å². The number of ether oxygens (including phenoxy) is 1. The molecular weight excluding hydrogens is 246 g/mol. The molecule has 1 aromatic carbocycles. The summed E-state index contributed by atoms with van der Waals surface area (Å²) in [4.78, 5) is 4.92. The van der Waals surface area contributed by atoms with E-state index in [1.165, 1.54) is 0 Å². The Morgan fingerprint density at radius 2 is 2.36 bits per heavy atom. The van der Waals surface area contributed by atoms with Crippen molar-refractivity contribution in [2.75, 3.05) is 13.7 Å². The van der Waals surface area contributed by atoms with Crippen LogP contribution in [0.15, 0.2) is 16.6 Å². The van der Waals surface area contributed by atoms with Gasteiger partial charge in [-0.2, -0.15) is 5.48 Å². The van der Waals surface area contributed by atoms with Crippen LogP contribution < -0.4 is 10.2 Å². The topological polar surface area (TPSA) is 30.5 Å². The van der Waals surface area contributed by atoms with Gasteiger partial charge in [0.15, 0.2) is 0 Å². The highest BCUT2D eigenvalue weighted by molar-refractivity contribution is 9.10. The quantitative estimate of drug-likeness (QED) is 0.826. The molecule has 1 aliphatic heterocycles. The van der Waals surface area contributed by atoms with Crippen molar-refractivity contribution in [3.63, 3.8) is 0 Å². The Morgan fingerprint density at radius 3 is 3.07 bits per heavy atom. The fraction of sp³-hybridized carbons (Fsp3) is 0.400. The predicted molar refractivity (Wildman–Crippen MR) is 57.3 cm³/mol. The Morgan fingerprint density at radius 1 is 1.57 bits per heavy atom. The van der Waals surface area contributed by atoms with Crippen molar-refractivity contribution >= 4 is 15.9 Å². The molecule has 76 valence electrons. The smallest absolute Gasteiger partial charge is 0.127 e. The zero-order valence-corrected chi connectivity index (χ0v) is 9.72. The maximum atomic E-state index is 5.59. The first-order valence-electron chi connectivity index (χ1n) is 4.43. The van der Waals surface area contributed by atoms with E-state index in [-0.39, 0.29) is 6.04 Å². The minimum absolute atomic E-state index is 0.131. The molecule has 0 aliphatic carbocycles. The normalized spacial score (nSPS) is 19.2. The summed E-state index contributed by atoms with van der Waals surface area (Å²) in [6, 6.07) is 4.24. The maximum Gasteiger partial charge on any atom is 0.127 e. The SMILES string of the molecule is CONC1COc2c(C)cc(Br)cc21. The number of hydroxylamine groups is 1. The monoisotopic (exact) mass is 257 g/mol. The third kappa shape index (κ3) is 1.65. The lowest BCUT2D eigenvalue weighted by Crippen LogP contribution is -2.20. The van der Waals surface area contributed by atoms with Gasteiger partial charge in [-0.25, -0.2) is 0 Å². The zero-order chi connectivity index (χ0) is 10.1. The molecule has 0 aromatic heterocycles. The van der Waals surface area contributed by atoms with Crippen molar-refractivity contribution in [1.29, 1.82) is 0 Å². The number of aryl methyl sites for hydroxylation is 1. The van der Waals surface area contributed by atoms with Gasteiger partial charge in [0.25, 0.3) is 0 Å². The largest absolute Gasteiger partial charge is 0.491 e. The van der Waals surface area contributed by atoms with Crippen LogP contribution in [-0.4, -0.2) is 13.7 Å². The number of rotatable bonds is 2. The lowest BCUT2D eigenvalue weighted by atomic mass is 10.1. The van der Waals surface area contributed by atoms with E-state index in [4.69, 9.17) is 9.57 Å². The predicted octanol–water partition coefficient (Wildman–Crippen LogP) is 2.34. The van der Waals surface area contributed by atoms with E-state index in [0.29, 0.717) is 6.61 Å². The van der Waals surface area contributed by atoms with Gasteiger partial charge in [-0.3, -0.25) is 0 Å². The second-order valence-corrected chi connectivity index (χ2v) is 4.24. The first-order chi connectivity index (χ1) is 6.72. The van der Waals surface area contributed by atoms with Gasteiger partial charge in [0, 0.05) is 10.0 Å². The van der Waals surface area contributed by atoms with Crippen molar-refractivity contribution < 1.29 is 9.57 Å². The average Bonchev–Trinajstić information content (AvgIpc) is 2.49. The van der Waals surface area contributed by atoms with E-state index in [9.17, 15) is 0 Å². The van der Waals surface area contributed by atoms with Crippen LogP contribution in [0.2, 0.25) is 0 Å². The number of hydrogen-bond donors (Lipinski definition) is 1. The molecule has 1 heterocycles. The maximum absolute atomic E-state index is 5.59. The molecule has 1 unspecified atom stereocenters. The Labute approximate surface area is 91.5 Å². The first-order valence-corrected chi connectivity index (χ1v) is 5.23. The molecule has 0 bridgehead atoms. The van der Waals surface area contributed by atoms with Gasteiger partial charge in [0.1, 0.15) is 12.4 Å². The van der Waals surface area contributed by atoms with Crippen LogP contribution >= 0.6 is 15.9 Å². The van der Waals surface area contributed by atoms with E-state index in [2.05, 4.69) is 27.5 Å². The lowest BCUT2D eigenvalue weighted by Gasteiger charge is -2.09. The summed E-state index contributed by atoms with van der Waals surface area (Å²) in [5.41, 5.74) is 5.21. The lowest BCUT2D eigenvalue weighted by molar-refractivity contribution is 0.0535. The van der Waals surface area contributed by atoms with Gasteiger partial charge >= 0.3 is 0 Å². The molecule has 2 rings (SSSR count). The zero-order valence-electron chi connectivity index (χ0n) is 8.13. The second-order valence-electron chi connectivity index (χ2n) is 3.33. The van der Waals surface area contributed by atoms with Crippen molar-refractivity contribution in [2.24, 2.45) is 0 Å². The van der Waals surface area contributed by atoms with Crippen molar-refractivity contribution in [1.82, 2.24) is 5.48 Å². The number of halogens is 1. The Hall–Kier alpha value is -0.580. The number of fused-ring (bicyclic) bond motifs is 1. The number of benzene rings is 1. The van der Waals surface area contributed by atoms with Crippen LogP contribution in [0.5, 0.6) is 5.75 Å². The molecule has 0 saturated heterocycles. The molecule has 0 fully saturated rings. The molecule has 4 heteroatoms. The van der Waals surface area contributed by atoms with E-state index in [0.717, 1.165) is 21.3 Å². The molecular formula is C10H12BrNO2. The minimum Gasteiger partial charge on any atom is -0.491 e. The molecule has 1 aliphatic rings. The molecule has 1 N–H and O–H groups in total. The highest BCUT2D eigenvalue weighted by Crippen LogP contribution is 2.37. The van der Waals surface area contributed by atoms with E-state index in [1.54, 1.807) is 7.11 Å². The van der Waals surface area contributed by atoms with E-state index >= 15 is 0 Å². The highest BCUT2D eigenvalue weighted by atomic mass is 79.9. The van der Waals surface area contributed by atoms with Crippen molar-refractivity contribution in [2.45, 2.75) is 13.0 Å². The summed E-state index contributed by atoms with van der Waals surface area (Å²) in [6.07, 6.45) is 0. The molecule has 0 radical (unpaired) electrons. The Balaban J connectivity index is 2.38. The molecule has 14 heavy (non-hydrogen) atoms. The Kier molecular flexibility index (Phi) is 2.76. The van der Waals surface area contributed by atoms with Crippen LogP contribution in [0.3, 0.4) is 0 Å². The van der Waals surface area contributed by atoms with Crippen LogP contribution in [0.4, 0.5) is 0 Å². The van der Waals surface area contributed by atoms with Crippen molar-refractivity contribution in [3.8, 4) is 5.75 Å². The van der Waals surface area contributed by atoms with Gasteiger partial charge < -0.3 is 9.57 Å². The number of hydrogen-bond acceptors (Lipinski definition) is 3. The summed E-state index contributed by atoms with van der Waals surface area (Å²) >= 11 is 3.47. The van der Waals surface area contributed by atoms with Gasteiger partial charge in [0.05, 0.1) is 13.2 Å². The minimum atomic E-state index is 0.131. The summed E-state index contributed by atoms with van der Waals surface area (Å²) in [5, 5.41) is 0. The number of nitrogens with one attached hydrogen (secondary N) is 1.